The molecule has 0 radical (unpaired) electrons. The molecule has 0 bridgehead atoms. The van der Waals surface area contributed by atoms with Crippen molar-refractivity contribution in [3.05, 3.63) is 0 Å². The highest BCUT2D eigenvalue weighted by molar-refractivity contribution is 6.02. The fourth-order valence-corrected chi connectivity index (χ4v) is 1.65. The summed E-state index contributed by atoms with van der Waals surface area (Å²) >= 11 is 0. The maximum Gasteiger partial charge on any atom is 0.319 e. The average molecular weight is 213 g/mol. The highest BCUT2D eigenvalue weighted by atomic mass is 16.4. The monoisotopic (exact) mass is 213 g/mol. The summed E-state index contributed by atoms with van der Waals surface area (Å²) in [6.07, 6.45) is 2.78. The van der Waals surface area contributed by atoms with Crippen LogP contribution in [0.15, 0.2) is 0 Å². The van der Waals surface area contributed by atoms with Crippen molar-refractivity contribution in [3.63, 3.8) is 0 Å². The van der Waals surface area contributed by atoms with E-state index in [2.05, 4.69) is 5.32 Å². The van der Waals surface area contributed by atoms with Crippen LogP contribution in [0.4, 0.5) is 0 Å². The second-order valence-electron chi connectivity index (χ2n) is 4.46. The molecule has 0 aliphatic heterocycles. The largest absolute Gasteiger partial charge is 0.480 e. The molecule has 0 aromatic carbocycles. The van der Waals surface area contributed by atoms with Gasteiger partial charge in [0.2, 0.25) is 5.91 Å². The van der Waals surface area contributed by atoms with E-state index >= 15 is 0 Å². The Morgan fingerprint density at radius 1 is 1.47 bits per heavy atom. The summed E-state index contributed by atoms with van der Waals surface area (Å²) in [7, 11) is 0. The molecule has 0 saturated heterocycles. The van der Waals surface area contributed by atoms with Crippen LogP contribution in [0.1, 0.15) is 39.5 Å². The summed E-state index contributed by atoms with van der Waals surface area (Å²) in [5, 5.41) is 11.8. The first-order chi connectivity index (χ1) is 7.03. The van der Waals surface area contributed by atoms with Gasteiger partial charge >= 0.3 is 5.97 Å². The van der Waals surface area contributed by atoms with Crippen LogP contribution in [0.2, 0.25) is 0 Å². The average Bonchev–Trinajstić information content (AvgIpc) is 2.11. The predicted molar refractivity (Wildman–Crippen MR) is 56.4 cm³/mol. The van der Waals surface area contributed by atoms with E-state index in [9.17, 15) is 9.59 Å². The van der Waals surface area contributed by atoms with E-state index in [1.165, 1.54) is 0 Å². The second-order valence-corrected chi connectivity index (χ2v) is 4.46. The molecule has 1 rings (SSSR count). The minimum Gasteiger partial charge on any atom is -0.480 e. The number of carbonyl (C=O) groups is 2. The van der Waals surface area contributed by atoms with Crippen molar-refractivity contribution in [1.29, 1.82) is 0 Å². The van der Waals surface area contributed by atoms with Gasteiger partial charge in [0.15, 0.2) is 0 Å². The van der Waals surface area contributed by atoms with E-state index in [0.29, 0.717) is 25.3 Å². The molecule has 2 N–H and O–H groups in total. The third-order valence-electron chi connectivity index (χ3n) is 3.36. The first-order valence-electron chi connectivity index (χ1n) is 5.54. The molecular formula is C11H19NO3. The molecule has 0 spiro atoms. The third kappa shape index (κ3) is 2.30. The lowest BCUT2D eigenvalue weighted by Gasteiger charge is -2.36. The maximum atomic E-state index is 11.7. The Morgan fingerprint density at radius 3 is 2.40 bits per heavy atom. The molecular weight excluding hydrogens is 194 g/mol. The highest BCUT2D eigenvalue weighted by Crippen LogP contribution is 2.41. The summed E-state index contributed by atoms with van der Waals surface area (Å²) in [6, 6.07) is 0. The van der Waals surface area contributed by atoms with Crippen LogP contribution in [-0.4, -0.2) is 23.5 Å². The molecule has 86 valence electrons. The lowest BCUT2D eigenvalue weighted by molar-refractivity contribution is -0.162. The topological polar surface area (TPSA) is 66.4 Å². The van der Waals surface area contributed by atoms with Crippen LogP contribution in [0, 0.1) is 11.3 Å². The van der Waals surface area contributed by atoms with Crippen LogP contribution in [-0.2, 0) is 9.59 Å². The molecule has 1 fully saturated rings. The molecule has 15 heavy (non-hydrogen) atoms. The Hall–Kier alpha value is -1.06. The Labute approximate surface area is 90.0 Å². The number of aliphatic carboxylic acids is 1. The minimum atomic E-state index is -1.12. The fourth-order valence-electron chi connectivity index (χ4n) is 1.65. The molecule has 1 atom stereocenters. The summed E-state index contributed by atoms with van der Waals surface area (Å²) in [5.74, 6) is -0.878. The molecule has 0 heterocycles. The van der Waals surface area contributed by atoms with Crippen LogP contribution in [0.5, 0.6) is 0 Å². The number of rotatable bonds is 5. The fraction of sp³-hybridized carbons (Fsp3) is 0.818. The lowest BCUT2D eigenvalue weighted by atomic mass is 9.68. The van der Waals surface area contributed by atoms with Crippen molar-refractivity contribution in [2.75, 3.05) is 6.54 Å². The molecule has 1 aliphatic carbocycles. The van der Waals surface area contributed by atoms with Crippen molar-refractivity contribution in [3.8, 4) is 0 Å². The van der Waals surface area contributed by atoms with Gasteiger partial charge in [-0.1, -0.05) is 26.7 Å². The van der Waals surface area contributed by atoms with Gasteiger partial charge < -0.3 is 10.4 Å². The summed E-state index contributed by atoms with van der Waals surface area (Å²) in [5.41, 5.74) is -1.12. The number of amides is 1. The van der Waals surface area contributed by atoms with E-state index in [-0.39, 0.29) is 5.91 Å². The Kier molecular flexibility index (Phi) is 3.72. The normalized spacial score (nSPS) is 20.1. The summed E-state index contributed by atoms with van der Waals surface area (Å²) in [6.45, 7) is 4.66. The van der Waals surface area contributed by atoms with E-state index < -0.39 is 11.4 Å². The third-order valence-corrected chi connectivity index (χ3v) is 3.36. The van der Waals surface area contributed by atoms with Gasteiger partial charge in [0, 0.05) is 6.54 Å². The quantitative estimate of drug-likeness (QED) is 0.678. The Morgan fingerprint density at radius 2 is 2.07 bits per heavy atom. The molecule has 1 saturated carbocycles. The molecule has 1 aliphatic rings. The zero-order chi connectivity index (χ0) is 11.5. The number of carbonyl (C=O) groups excluding carboxylic acids is 1. The van der Waals surface area contributed by atoms with Crippen LogP contribution >= 0.6 is 0 Å². The van der Waals surface area contributed by atoms with Crippen molar-refractivity contribution < 1.29 is 14.7 Å². The summed E-state index contributed by atoms with van der Waals surface area (Å²) in [4.78, 5) is 22.7. The van der Waals surface area contributed by atoms with E-state index in [1.807, 2.05) is 13.8 Å². The van der Waals surface area contributed by atoms with Crippen LogP contribution in [0.25, 0.3) is 0 Å². The molecule has 4 nitrogen and oxygen atoms in total. The van der Waals surface area contributed by atoms with Gasteiger partial charge in [0.1, 0.15) is 5.41 Å². The second kappa shape index (κ2) is 4.64. The van der Waals surface area contributed by atoms with Crippen LogP contribution in [0.3, 0.4) is 0 Å². The maximum absolute atomic E-state index is 11.7. The van der Waals surface area contributed by atoms with Gasteiger partial charge in [-0.2, -0.15) is 0 Å². The molecule has 0 aromatic rings. The van der Waals surface area contributed by atoms with Gasteiger partial charge in [-0.05, 0) is 18.8 Å². The van der Waals surface area contributed by atoms with Gasteiger partial charge in [0.05, 0.1) is 0 Å². The SMILES string of the molecule is CCC(C)CNC(=O)C1(C(=O)O)CCC1. The predicted octanol–water partition coefficient (Wildman–Crippen LogP) is 1.40. The molecule has 1 amide bonds. The van der Waals surface area contributed by atoms with Crippen molar-refractivity contribution in [2.24, 2.45) is 11.3 Å². The van der Waals surface area contributed by atoms with Gasteiger partial charge in [0.25, 0.3) is 0 Å². The zero-order valence-electron chi connectivity index (χ0n) is 9.38. The van der Waals surface area contributed by atoms with Crippen molar-refractivity contribution >= 4 is 11.9 Å². The Bertz CT molecular complexity index is 259. The minimum absolute atomic E-state index is 0.304. The van der Waals surface area contributed by atoms with E-state index in [4.69, 9.17) is 5.11 Å². The first kappa shape index (κ1) is 12.0. The summed E-state index contributed by atoms with van der Waals surface area (Å²) < 4.78 is 0. The van der Waals surface area contributed by atoms with Gasteiger partial charge in [-0.15, -0.1) is 0 Å². The number of carboxylic acid groups (broad SMARTS) is 1. The van der Waals surface area contributed by atoms with Gasteiger partial charge in [-0.3, -0.25) is 9.59 Å². The highest BCUT2D eigenvalue weighted by Gasteiger charge is 2.50. The standard InChI is InChI=1S/C11H19NO3/c1-3-8(2)7-12-9(13)11(10(14)15)5-4-6-11/h8H,3-7H2,1-2H3,(H,12,13)(H,14,15). The number of hydrogen-bond acceptors (Lipinski definition) is 2. The number of carboxylic acids is 1. The number of nitrogens with one attached hydrogen (secondary N) is 1. The number of hydrogen-bond donors (Lipinski definition) is 2. The smallest absolute Gasteiger partial charge is 0.319 e. The van der Waals surface area contributed by atoms with Crippen molar-refractivity contribution in [1.82, 2.24) is 5.32 Å². The van der Waals surface area contributed by atoms with Gasteiger partial charge in [-0.25, -0.2) is 0 Å². The van der Waals surface area contributed by atoms with Crippen molar-refractivity contribution in [2.45, 2.75) is 39.5 Å². The lowest BCUT2D eigenvalue weighted by Crippen LogP contribution is -2.51. The molecule has 4 heteroatoms. The first-order valence-corrected chi connectivity index (χ1v) is 5.54. The Balaban J connectivity index is 2.48. The molecule has 0 aromatic heterocycles. The van der Waals surface area contributed by atoms with Crippen LogP contribution < -0.4 is 5.32 Å². The molecule has 1 unspecified atom stereocenters. The van der Waals surface area contributed by atoms with E-state index in [1.54, 1.807) is 0 Å². The zero-order valence-corrected chi connectivity index (χ0v) is 9.38. The van der Waals surface area contributed by atoms with E-state index in [0.717, 1.165) is 12.8 Å².